The van der Waals surface area contributed by atoms with Gasteiger partial charge in [-0.15, -0.1) is 11.3 Å². The Morgan fingerprint density at radius 1 is 1.47 bits per heavy atom. The number of thiophene rings is 1. The molecular weight excluding hydrogens is 264 g/mol. The van der Waals surface area contributed by atoms with Gasteiger partial charge in [-0.1, -0.05) is 19.9 Å². The van der Waals surface area contributed by atoms with E-state index in [1.807, 2.05) is 31.4 Å². The number of carbonyl (C=O) groups is 2. The zero-order valence-electron chi connectivity index (χ0n) is 11.5. The van der Waals surface area contributed by atoms with Gasteiger partial charge in [0.1, 0.15) is 6.54 Å². The average molecular weight is 284 g/mol. The Balaban J connectivity index is 2.55. The third kappa shape index (κ3) is 4.55. The first-order valence-electron chi connectivity index (χ1n) is 6.15. The minimum Gasteiger partial charge on any atom is -0.480 e. The molecule has 1 rings (SSSR count). The van der Waals surface area contributed by atoms with Crippen LogP contribution in [-0.2, 0) is 10.2 Å². The second kappa shape index (κ2) is 6.56. The molecule has 106 valence electrons. The molecule has 0 radical (unpaired) electrons. The molecule has 0 saturated heterocycles. The zero-order chi connectivity index (χ0) is 14.5. The Kier molecular flexibility index (Phi) is 5.35. The molecule has 0 aliphatic rings. The molecule has 0 atom stereocenters. The van der Waals surface area contributed by atoms with Crippen molar-refractivity contribution in [3.05, 3.63) is 22.4 Å². The van der Waals surface area contributed by atoms with E-state index in [0.717, 1.165) is 0 Å². The quantitative estimate of drug-likeness (QED) is 0.841. The van der Waals surface area contributed by atoms with E-state index in [2.05, 4.69) is 5.32 Å². The molecule has 0 aliphatic carbocycles. The topological polar surface area (TPSA) is 69.6 Å². The largest absolute Gasteiger partial charge is 0.480 e. The summed E-state index contributed by atoms with van der Waals surface area (Å²) in [7, 11) is 0. The first kappa shape index (κ1) is 15.5. The molecule has 2 amide bonds. The van der Waals surface area contributed by atoms with Crippen LogP contribution in [0.2, 0.25) is 0 Å². The number of urea groups is 1. The highest BCUT2D eigenvalue weighted by Crippen LogP contribution is 2.26. The lowest BCUT2D eigenvalue weighted by atomic mass is 9.91. The van der Waals surface area contributed by atoms with E-state index < -0.39 is 5.97 Å². The first-order chi connectivity index (χ1) is 8.86. The van der Waals surface area contributed by atoms with Crippen molar-refractivity contribution in [2.75, 3.05) is 19.6 Å². The van der Waals surface area contributed by atoms with Crippen molar-refractivity contribution in [3.8, 4) is 0 Å². The van der Waals surface area contributed by atoms with E-state index >= 15 is 0 Å². The Morgan fingerprint density at radius 2 is 2.16 bits per heavy atom. The van der Waals surface area contributed by atoms with Crippen molar-refractivity contribution in [1.82, 2.24) is 10.2 Å². The van der Waals surface area contributed by atoms with Crippen LogP contribution in [0.4, 0.5) is 4.79 Å². The molecule has 0 aliphatic heterocycles. The second-order valence-electron chi connectivity index (χ2n) is 4.93. The van der Waals surface area contributed by atoms with Crippen molar-refractivity contribution in [2.45, 2.75) is 26.2 Å². The first-order valence-corrected chi connectivity index (χ1v) is 7.03. The molecule has 6 heteroatoms. The summed E-state index contributed by atoms with van der Waals surface area (Å²) in [6, 6.07) is 3.67. The van der Waals surface area contributed by atoms with Crippen LogP contribution in [-0.4, -0.2) is 41.6 Å². The van der Waals surface area contributed by atoms with E-state index in [4.69, 9.17) is 5.11 Å². The van der Waals surface area contributed by atoms with Gasteiger partial charge in [0, 0.05) is 23.4 Å². The summed E-state index contributed by atoms with van der Waals surface area (Å²) in [5.41, 5.74) is -0.160. The molecular formula is C13H20N2O3S. The molecule has 0 aromatic carbocycles. The minimum atomic E-state index is -1.01. The lowest BCUT2D eigenvalue weighted by Gasteiger charge is -2.26. The van der Waals surface area contributed by atoms with Crippen molar-refractivity contribution in [3.63, 3.8) is 0 Å². The maximum absolute atomic E-state index is 11.9. The van der Waals surface area contributed by atoms with Crippen LogP contribution >= 0.6 is 11.3 Å². The van der Waals surface area contributed by atoms with E-state index in [9.17, 15) is 9.59 Å². The highest BCUT2D eigenvalue weighted by atomic mass is 32.1. The predicted octanol–water partition coefficient (Wildman–Crippen LogP) is 2.14. The number of nitrogens with zero attached hydrogens (tertiary/aromatic N) is 1. The zero-order valence-corrected chi connectivity index (χ0v) is 12.3. The molecule has 2 N–H and O–H groups in total. The second-order valence-corrected chi connectivity index (χ2v) is 5.88. The SMILES string of the molecule is CCN(CC(=O)O)C(=O)NCC(C)(C)c1cccs1. The fourth-order valence-electron chi connectivity index (χ4n) is 1.65. The number of likely N-dealkylation sites (N-methyl/N-ethyl adjacent to an activating group) is 1. The fraction of sp³-hybridized carbons (Fsp3) is 0.538. The average Bonchev–Trinajstić information content (AvgIpc) is 2.87. The minimum absolute atomic E-state index is 0.160. The van der Waals surface area contributed by atoms with Gasteiger partial charge in [-0.05, 0) is 18.4 Å². The van der Waals surface area contributed by atoms with Gasteiger partial charge in [-0.2, -0.15) is 0 Å². The molecule has 0 saturated carbocycles. The summed E-state index contributed by atoms with van der Waals surface area (Å²) in [6.45, 7) is 6.42. The van der Waals surface area contributed by atoms with Crippen LogP contribution < -0.4 is 5.32 Å². The van der Waals surface area contributed by atoms with Crippen LogP contribution in [0.5, 0.6) is 0 Å². The lowest BCUT2D eigenvalue weighted by Crippen LogP contribution is -2.46. The van der Waals surface area contributed by atoms with Crippen LogP contribution in [0.3, 0.4) is 0 Å². The molecule has 1 aromatic rings. The number of carbonyl (C=O) groups excluding carboxylic acids is 1. The third-order valence-electron chi connectivity index (χ3n) is 2.86. The van der Waals surface area contributed by atoms with Gasteiger partial charge >= 0.3 is 12.0 Å². The number of aliphatic carboxylic acids is 1. The fourth-order valence-corrected chi connectivity index (χ4v) is 2.50. The summed E-state index contributed by atoms with van der Waals surface area (Å²) in [4.78, 5) is 25.0. The molecule has 1 aromatic heterocycles. The number of hydrogen-bond acceptors (Lipinski definition) is 3. The van der Waals surface area contributed by atoms with E-state index in [1.54, 1.807) is 18.3 Å². The Labute approximate surface area is 117 Å². The van der Waals surface area contributed by atoms with Crippen LogP contribution in [0.15, 0.2) is 17.5 Å². The van der Waals surface area contributed by atoms with Gasteiger partial charge in [0.2, 0.25) is 0 Å². The summed E-state index contributed by atoms with van der Waals surface area (Å²) in [5, 5.41) is 13.5. The Bertz CT molecular complexity index is 429. The summed E-state index contributed by atoms with van der Waals surface area (Å²) < 4.78 is 0. The molecule has 0 bridgehead atoms. The highest BCUT2D eigenvalue weighted by Gasteiger charge is 2.24. The van der Waals surface area contributed by atoms with Crippen molar-refractivity contribution in [1.29, 1.82) is 0 Å². The maximum Gasteiger partial charge on any atom is 0.323 e. The Morgan fingerprint density at radius 3 is 2.63 bits per heavy atom. The molecule has 1 heterocycles. The van der Waals surface area contributed by atoms with Gasteiger partial charge in [-0.25, -0.2) is 4.79 Å². The molecule has 0 unspecified atom stereocenters. The number of nitrogens with one attached hydrogen (secondary N) is 1. The third-order valence-corrected chi connectivity index (χ3v) is 4.10. The molecule has 5 nitrogen and oxygen atoms in total. The van der Waals surface area contributed by atoms with Gasteiger partial charge in [0.15, 0.2) is 0 Å². The van der Waals surface area contributed by atoms with E-state index in [0.29, 0.717) is 13.1 Å². The Hall–Kier alpha value is -1.56. The number of carboxylic acid groups (broad SMARTS) is 1. The smallest absolute Gasteiger partial charge is 0.323 e. The molecule has 0 spiro atoms. The molecule has 19 heavy (non-hydrogen) atoms. The van der Waals surface area contributed by atoms with Gasteiger partial charge in [-0.3, -0.25) is 4.79 Å². The van der Waals surface area contributed by atoms with Crippen molar-refractivity contribution in [2.24, 2.45) is 0 Å². The van der Waals surface area contributed by atoms with Crippen LogP contribution in [0.1, 0.15) is 25.6 Å². The van der Waals surface area contributed by atoms with Crippen molar-refractivity contribution >= 4 is 23.3 Å². The lowest BCUT2D eigenvalue weighted by molar-refractivity contribution is -0.137. The number of amides is 2. The van der Waals surface area contributed by atoms with Crippen LogP contribution in [0, 0.1) is 0 Å². The van der Waals surface area contributed by atoms with E-state index in [-0.39, 0.29) is 18.0 Å². The number of carboxylic acids is 1. The predicted molar refractivity (Wildman–Crippen MR) is 75.6 cm³/mol. The van der Waals surface area contributed by atoms with Crippen molar-refractivity contribution < 1.29 is 14.7 Å². The van der Waals surface area contributed by atoms with Gasteiger partial charge < -0.3 is 15.3 Å². The standard InChI is InChI=1S/C13H20N2O3S/c1-4-15(8-11(16)17)12(18)14-9-13(2,3)10-6-5-7-19-10/h5-7H,4,8-9H2,1-3H3,(H,14,18)(H,16,17). The highest BCUT2D eigenvalue weighted by molar-refractivity contribution is 7.10. The maximum atomic E-state index is 11.9. The normalized spacial score (nSPS) is 11.1. The summed E-state index contributed by atoms with van der Waals surface area (Å²) in [5.74, 6) is -1.01. The number of hydrogen-bond donors (Lipinski definition) is 2. The number of rotatable bonds is 6. The summed E-state index contributed by atoms with van der Waals surface area (Å²) >= 11 is 1.65. The van der Waals surface area contributed by atoms with E-state index in [1.165, 1.54) is 9.78 Å². The van der Waals surface area contributed by atoms with Crippen LogP contribution in [0.25, 0.3) is 0 Å². The monoisotopic (exact) mass is 284 g/mol. The molecule has 0 fully saturated rings. The van der Waals surface area contributed by atoms with Gasteiger partial charge in [0.25, 0.3) is 0 Å². The van der Waals surface area contributed by atoms with Gasteiger partial charge in [0.05, 0.1) is 0 Å². The summed E-state index contributed by atoms with van der Waals surface area (Å²) in [6.07, 6.45) is 0.